The molecule has 0 bridgehead atoms. The van der Waals surface area contributed by atoms with Crippen LogP contribution >= 0.6 is 0 Å². The van der Waals surface area contributed by atoms with Crippen LogP contribution in [-0.4, -0.2) is 50.9 Å². The SMILES string of the molecule is Cc1ccc(F)c(S(=O)(=O)N2CCCC(CNC(=O)C3CCCN3)C2)c1. The Hall–Kier alpha value is -1.51. The van der Waals surface area contributed by atoms with E-state index in [0.717, 1.165) is 25.8 Å². The molecule has 0 saturated carbocycles. The van der Waals surface area contributed by atoms with E-state index in [9.17, 15) is 17.6 Å². The third-order valence-electron chi connectivity index (χ3n) is 5.13. The van der Waals surface area contributed by atoms with E-state index >= 15 is 0 Å². The van der Waals surface area contributed by atoms with Crippen LogP contribution in [0.3, 0.4) is 0 Å². The molecule has 6 nitrogen and oxygen atoms in total. The topological polar surface area (TPSA) is 78.5 Å². The van der Waals surface area contributed by atoms with Gasteiger partial charge in [-0.3, -0.25) is 4.79 Å². The second-order valence-electron chi connectivity index (χ2n) is 7.20. The number of hydrogen-bond donors (Lipinski definition) is 2. The van der Waals surface area contributed by atoms with Crippen LogP contribution in [0.2, 0.25) is 0 Å². The van der Waals surface area contributed by atoms with Crippen LogP contribution in [0.25, 0.3) is 0 Å². The molecule has 1 amide bonds. The lowest BCUT2D eigenvalue weighted by Crippen LogP contribution is -2.46. The third kappa shape index (κ3) is 4.24. The second kappa shape index (κ2) is 8.02. The lowest BCUT2D eigenvalue weighted by atomic mass is 9.99. The van der Waals surface area contributed by atoms with Crippen LogP contribution in [0.4, 0.5) is 4.39 Å². The molecule has 2 aliphatic heterocycles. The molecule has 2 fully saturated rings. The zero-order chi connectivity index (χ0) is 18.7. The van der Waals surface area contributed by atoms with E-state index in [-0.39, 0.29) is 22.8 Å². The molecule has 2 saturated heterocycles. The van der Waals surface area contributed by atoms with Crippen molar-refractivity contribution in [2.24, 2.45) is 5.92 Å². The number of nitrogens with one attached hydrogen (secondary N) is 2. The summed E-state index contributed by atoms with van der Waals surface area (Å²) in [5.74, 6) is -0.706. The Morgan fingerprint density at radius 3 is 2.88 bits per heavy atom. The van der Waals surface area contributed by atoms with Gasteiger partial charge in [-0.05, 0) is 62.8 Å². The highest BCUT2D eigenvalue weighted by Crippen LogP contribution is 2.26. The summed E-state index contributed by atoms with van der Waals surface area (Å²) in [6.07, 6.45) is 3.38. The van der Waals surface area contributed by atoms with E-state index in [1.54, 1.807) is 13.0 Å². The predicted molar refractivity (Wildman–Crippen MR) is 96.7 cm³/mol. The molecule has 3 rings (SSSR count). The molecule has 0 spiro atoms. The summed E-state index contributed by atoms with van der Waals surface area (Å²) in [4.78, 5) is 11.8. The van der Waals surface area contributed by atoms with Gasteiger partial charge < -0.3 is 10.6 Å². The summed E-state index contributed by atoms with van der Waals surface area (Å²) in [5, 5.41) is 6.08. The average molecular weight is 383 g/mol. The summed E-state index contributed by atoms with van der Waals surface area (Å²) in [7, 11) is -3.87. The van der Waals surface area contributed by atoms with Crippen molar-refractivity contribution in [3.63, 3.8) is 0 Å². The largest absolute Gasteiger partial charge is 0.354 e. The third-order valence-corrected chi connectivity index (χ3v) is 7.01. The number of hydrogen-bond acceptors (Lipinski definition) is 4. The molecule has 2 unspecified atom stereocenters. The lowest BCUT2D eigenvalue weighted by Gasteiger charge is -2.32. The van der Waals surface area contributed by atoms with E-state index in [0.29, 0.717) is 31.6 Å². The van der Waals surface area contributed by atoms with Crippen molar-refractivity contribution >= 4 is 15.9 Å². The van der Waals surface area contributed by atoms with Gasteiger partial charge in [0.2, 0.25) is 15.9 Å². The number of halogens is 1. The Morgan fingerprint density at radius 1 is 1.35 bits per heavy atom. The first-order chi connectivity index (χ1) is 12.4. The Kier molecular flexibility index (Phi) is 5.94. The highest BCUT2D eigenvalue weighted by molar-refractivity contribution is 7.89. The fraction of sp³-hybridized carbons (Fsp3) is 0.611. The van der Waals surface area contributed by atoms with Crippen LogP contribution in [0, 0.1) is 18.7 Å². The Labute approximate surface area is 154 Å². The first kappa shape index (κ1) is 19.3. The molecule has 26 heavy (non-hydrogen) atoms. The number of sulfonamides is 1. The number of aryl methyl sites for hydroxylation is 1. The number of rotatable bonds is 5. The zero-order valence-corrected chi connectivity index (χ0v) is 15.8. The molecule has 0 aliphatic carbocycles. The minimum Gasteiger partial charge on any atom is -0.354 e. The lowest BCUT2D eigenvalue weighted by molar-refractivity contribution is -0.123. The standard InChI is InChI=1S/C18H26FN3O3S/c1-13-6-7-15(19)17(10-13)26(24,25)22-9-3-4-14(12-22)11-21-18(23)16-5-2-8-20-16/h6-7,10,14,16,20H,2-5,8-9,11-12H2,1H3,(H,21,23). The molecule has 0 radical (unpaired) electrons. The Balaban J connectivity index is 1.64. The maximum atomic E-state index is 14.1. The summed E-state index contributed by atoms with van der Waals surface area (Å²) < 4.78 is 41.1. The van der Waals surface area contributed by atoms with Gasteiger partial charge in [0.05, 0.1) is 6.04 Å². The molecule has 1 aromatic rings. The zero-order valence-electron chi connectivity index (χ0n) is 15.0. The predicted octanol–water partition coefficient (Wildman–Crippen LogP) is 1.40. The first-order valence-electron chi connectivity index (χ1n) is 9.15. The van der Waals surface area contributed by atoms with Crippen molar-refractivity contribution in [3.8, 4) is 0 Å². The van der Waals surface area contributed by atoms with Crippen molar-refractivity contribution in [2.75, 3.05) is 26.2 Å². The van der Waals surface area contributed by atoms with Crippen LogP contribution in [0.1, 0.15) is 31.2 Å². The first-order valence-corrected chi connectivity index (χ1v) is 10.6. The fourth-order valence-corrected chi connectivity index (χ4v) is 5.34. The van der Waals surface area contributed by atoms with Crippen LogP contribution in [-0.2, 0) is 14.8 Å². The Morgan fingerprint density at radius 2 is 2.15 bits per heavy atom. The Bertz CT molecular complexity index is 763. The van der Waals surface area contributed by atoms with Gasteiger partial charge >= 0.3 is 0 Å². The molecule has 2 aliphatic rings. The maximum absolute atomic E-state index is 14.1. The average Bonchev–Trinajstić information content (AvgIpc) is 3.16. The quantitative estimate of drug-likeness (QED) is 0.806. The van der Waals surface area contributed by atoms with Crippen LogP contribution < -0.4 is 10.6 Å². The van der Waals surface area contributed by atoms with Gasteiger partial charge in [0.25, 0.3) is 0 Å². The normalized spacial score (nSPS) is 24.5. The summed E-state index contributed by atoms with van der Waals surface area (Å²) in [6.45, 7) is 3.72. The molecule has 0 aromatic heterocycles. The smallest absolute Gasteiger partial charge is 0.246 e. The minimum absolute atomic E-state index is 0.0211. The van der Waals surface area contributed by atoms with E-state index in [1.807, 2.05) is 0 Å². The van der Waals surface area contributed by atoms with Gasteiger partial charge in [-0.1, -0.05) is 6.07 Å². The summed E-state index contributed by atoms with van der Waals surface area (Å²) in [5.41, 5.74) is 0.704. The monoisotopic (exact) mass is 383 g/mol. The van der Waals surface area contributed by atoms with Gasteiger partial charge in [-0.2, -0.15) is 4.31 Å². The number of carbonyl (C=O) groups excluding carboxylic acids is 1. The van der Waals surface area contributed by atoms with Crippen molar-refractivity contribution in [3.05, 3.63) is 29.6 Å². The van der Waals surface area contributed by atoms with Gasteiger partial charge in [0.15, 0.2) is 0 Å². The molecule has 2 N–H and O–H groups in total. The van der Waals surface area contributed by atoms with Gasteiger partial charge in [-0.25, -0.2) is 12.8 Å². The highest BCUT2D eigenvalue weighted by Gasteiger charge is 2.32. The van der Waals surface area contributed by atoms with Crippen LogP contribution in [0.5, 0.6) is 0 Å². The molecule has 1 aromatic carbocycles. The molecule has 8 heteroatoms. The fourth-order valence-electron chi connectivity index (χ4n) is 3.64. The molecule has 2 heterocycles. The van der Waals surface area contributed by atoms with E-state index in [1.165, 1.54) is 16.4 Å². The van der Waals surface area contributed by atoms with Gasteiger partial charge in [0.1, 0.15) is 10.7 Å². The maximum Gasteiger partial charge on any atom is 0.246 e. The van der Waals surface area contributed by atoms with Gasteiger partial charge in [0, 0.05) is 19.6 Å². The number of carbonyl (C=O) groups is 1. The van der Waals surface area contributed by atoms with E-state index in [2.05, 4.69) is 10.6 Å². The number of amides is 1. The molecule has 144 valence electrons. The summed E-state index contributed by atoms with van der Waals surface area (Å²) >= 11 is 0. The van der Waals surface area contributed by atoms with E-state index in [4.69, 9.17) is 0 Å². The number of piperidine rings is 1. The van der Waals surface area contributed by atoms with E-state index < -0.39 is 15.8 Å². The number of benzene rings is 1. The van der Waals surface area contributed by atoms with Crippen molar-refractivity contribution in [1.82, 2.24) is 14.9 Å². The molecule has 2 atom stereocenters. The molecular weight excluding hydrogens is 357 g/mol. The van der Waals surface area contributed by atoms with Crippen molar-refractivity contribution in [2.45, 2.75) is 43.5 Å². The minimum atomic E-state index is -3.87. The van der Waals surface area contributed by atoms with Crippen LogP contribution in [0.15, 0.2) is 23.1 Å². The highest BCUT2D eigenvalue weighted by atomic mass is 32.2. The summed E-state index contributed by atoms with van der Waals surface area (Å²) in [6, 6.07) is 3.99. The van der Waals surface area contributed by atoms with Gasteiger partial charge in [-0.15, -0.1) is 0 Å². The molecular formula is C18H26FN3O3S. The van der Waals surface area contributed by atoms with Crippen molar-refractivity contribution in [1.29, 1.82) is 0 Å². The second-order valence-corrected chi connectivity index (χ2v) is 9.11. The van der Waals surface area contributed by atoms with Crippen molar-refractivity contribution < 1.29 is 17.6 Å². The number of nitrogens with zero attached hydrogens (tertiary/aromatic N) is 1.